The quantitative estimate of drug-likeness (QED) is 0.00797. The van der Waals surface area contributed by atoms with E-state index in [-0.39, 0.29) is 47.6 Å². The first-order valence-electron chi connectivity index (χ1n) is 28.6. The van der Waals surface area contributed by atoms with Crippen molar-refractivity contribution in [3.05, 3.63) is 135 Å². The molecule has 1 heterocycles. The van der Waals surface area contributed by atoms with Crippen LogP contribution in [-0.2, 0) is 38.2 Å². The summed E-state index contributed by atoms with van der Waals surface area (Å²) in [6.45, 7) is 16.6. The largest absolute Gasteiger partial charge is 0.494 e. The molecular weight excluding hydrogens is 1080 g/mol. The average Bonchev–Trinajstić information content (AvgIpc) is 4.23. The lowest BCUT2D eigenvalue weighted by molar-refractivity contribution is -0.145. The van der Waals surface area contributed by atoms with Crippen LogP contribution in [0.15, 0.2) is 134 Å². The van der Waals surface area contributed by atoms with Gasteiger partial charge in [0.15, 0.2) is 0 Å². The van der Waals surface area contributed by atoms with Crippen molar-refractivity contribution in [2.75, 3.05) is 38.0 Å². The summed E-state index contributed by atoms with van der Waals surface area (Å²) in [6.07, 6.45) is 18.5. The van der Waals surface area contributed by atoms with Gasteiger partial charge in [0, 0.05) is 24.6 Å². The topological polar surface area (TPSA) is 205 Å². The van der Waals surface area contributed by atoms with Gasteiger partial charge in [-0.2, -0.15) is 5.10 Å². The molecule has 5 aromatic rings. The number of para-hydroxylation sites is 1. The van der Waals surface area contributed by atoms with Gasteiger partial charge in [-0.25, -0.2) is 19.6 Å². The number of hydrogen-bond acceptors (Lipinski definition) is 18. The Hall–Kier alpha value is -8.12. The van der Waals surface area contributed by atoms with E-state index < -0.39 is 5.97 Å². The zero-order chi connectivity index (χ0) is 59.2. The molecule has 0 spiro atoms. The summed E-state index contributed by atoms with van der Waals surface area (Å²) < 4.78 is 44.8. The van der Waals surface area contributed by atoms with Crippen LogP contribution in [-0.4, -0.2) is 80.0 Å². The van der Waals surface area contributed by atoms with Gasteiger partial charge >= 0.3 is 35.8 Å². The summed E-state index contributed by atoms with van der Waals surface area (Å²) in [5.41, 5.74) is 1.34. The number of fused-ring (bicyclic) bond motifs is 1. The number of rotatable bonds is 30. The molecule has 1 aromatic heterocycles. The monoisotopic (exact) mass is 1160 g/mol. The molecule has 83 heavy (non-hydrogen) atoms. The number of anilines is 1. The maximum atomic E-state index is 13.5. The lowest BCUT2D eigenvalue weighted by Crippen LogP contribution is -2.30. The lowest BCUT2D eigenvalue weighted by atomic mass is 9.82. The molecule has 0 saturated heterocycles. The second kappa shape index (κ2) is 35.0. The molecule has 2 aliphatic carbocycles. The van der Waals surface area contributed by atoms with Crippen LogP contribution in [0.25, 0.3) is 10.2 Å². The van der Waals surface area contributed by atoms with Crippen LogP contribution in [0.1, 0.15) is 122 Å². The van der Waals surface area contributed by atoms with Gasteiger partial charge in [0.25, 0.3) is 0 Å². The maximum Gasteiger partial charge on any atom is 0.330 e. The molecule has 2 aliphatic rings. The van der Waals surface area contributed by atoms with Crippen LogP contribution in [0, 0.1) is 23.7 Å². The number of carbonyl (C=O) groups is 6. The second-order valence-corrected chi connectivity index (χ2v) is 21.4. The number of unbranched alkanes of at least 4 members (excludes halogenated alkanes) is 6. The fraction of sp³-hybridized carbons (Fsp3) is 0.415. The third-order valence-corrected chi connectivity index (χ3v) is 14.9. The van der Waals surface area contributed by atoms with Crippen molar-refractivity contribution >= 4 is 68.7 Å². The standard InChI is InChI=1S/C48H55N3O9S.C17H22O5/c1-4-28-51(48-50-41-12-8-9-13-43(41)61-48)49-32-37-31-40(26-27-42(37)60-47(55)34-16-14-33(3)15-17-34)59-46(54)36-20-18-35(19-21-36)45(53)58-39-24-22-38(23-25-39)56-29-10-6-7-11-30-57-44(52)5-2;1-3-17(19)21-13-7-5-4-6-12-20-15-8-10-16(11-9-15)22-14(2)18/h4-5,8-9,12-13,22-27,31-36H,1-2,6-7,10-11,14-21,28-30H2,3H3;3,8-11H,1,4-7,12-13H2,2H3/b49-32+;. The maximum absolute atomic E-state index is 13.5. The van der Waals surface area contributed by atoms with Crippen LogP contribution in [0.3, 0.4) is 0 Å². The van der Waals surface area contributed by atoms with Crippen molar-refractivity contribution in [3.8, 4) is 34.5 Å². The minimum absolute atomic E-state index is 0.173. The van der Waals surface area contributed by atoms with Crippen molar-refractivity contribution in [1.29, 1.82) is 0 Å². The summed E-state index contributed by atoms with van der Waals surface area (Å²) >= 11 is 1.50. The zero-order valence-corrected chi connectivity index (χ0v) is 48.5. The number of nitrogens with zero attached hydrogens (tertiary/aromatic N) is 3. The van der Waals surface area contributed by atoms with E-state index in [0.29, 0.717) is 104 Å². The molecule has 2 fully saturated rings. The van der Waals surface area contributed by atoms with Gasteiger partial charge in [0.05, 0.1) is 67.2 Å². The van der Waals surface area contributed by atoms with Crippen molar-refractivity contribution in [2.24, 2.45) is 28.8 Å². The Labute approximate surface area is 490 Å². The Kier molecular flexibility index (Phi) is 27.0. The summed E-state index contributed by atoms with van der Waals surface area (Å²) in [5.74, 6) is 0.583. The Bertz CT molecular complexity index is 2910. The fourth-order valence-electron chi connectivity index (χ4n) is 9.17. The van der Waals surface area contributed by atoms with E-state index in [2.05, 4.69) is 26.7 Å². The second-order valence-electron chi connectivity index (χ2n) is 20.4. The summed E-state index contributed by atoms with van der Waals surface area (Å²) in [5, 5.41) is 7.13. The predicted molar refractivity (Wildman–Crippen MR) is 319 cm³/mol. The third-order valence-electron chi connectivity index (χ3n) is 13.9. The number of hydrogen-bond donors (Lipinski definition) is 0. The number of ether oxygens (including phenoxy) is 8. The van der Waals surface area contributed by atoms with Crippen LogP contribution in [0.2, 0.25) is 0 Å². The Morgan fingerprint density at radius 2 is 1.02 bits per heavy atom. The molecule has 0 radical (unpaired) electrons. The van der Waals surface area contributed by atoms with E-state index in [1.165, 1.54) is 24.3 Å². The first-order chi connectivity index (χ1) is 40.3. The van der Waals surface area contributed by atoms with Gasteiger partial charge in [0.1, 0.15) is 34.5 Å². The van der Waals surface area contributed by atoms with Gasteiger partial charge < -0.3 is 37.9 Å². The molecule has 4 aromatic carbocycles. The normalized spacial score (nSPS) is 16.5. The van der Waals surface area contributed by atoms with Gasteiger partial charge in [-0.1, -0.05) is 49.6 Å². The molecule has 18 heteroatoms. The molecule has 0 N–H and O–H groups in total. The van der Waals surface area contributed by atoms with Crippen molar-refractivity contribution in [2.45, 2.75) is 117 Å². The molecular formula is C65H77N3O14S. The van der Waals surface area contributed by atoms with E-state index in [1.807, 2.05) is 24.3 Å². The van der Waals surface area contributed by atoms with E-state index >= 15 is 0 Å². The smallest absolute Gasteiger partial charge is 0.330 e. The van der Waals surface area contributed by atoms with Crippen LogP contribution >= 0.6 is 11.3 Å². The number of esters is 6. The summed E-state index contributed by atoms with van der Waals surface area (Å²) in [6, 6.07) is 26.7. The Morgan fingerprint density at radius 3 is 1.53 bits per heavy atom. The van der Waals surface area contributed by atoms with Gasteiger partial charge in [-0.05, 0) is 188 Å². The number of carbonyl (C=O) groups excluding carboxylic acids is 6. The van der Waals surface area contributed by atoms with Crippen LogP contribution < -0.4 is 33.4 Å². The van der Waals surface area contributed by atoms with Crippen molar-refractivity contribution in [3.63, 3.8) is 0 Å². The van der Waals surface area contributed by atoms with E-state index in [9.17, 15) is 28.8 Å². The molecule has 0 atom stereocenters. The van der Waals surface area contributed by atoms with Crippen LogP contribution in [0.5, 0.6) is 34.5 Å². The molecule has 17 nitrogen and oxygen atoms in total. The Morgan fingerprint density at radius 1 is 0.566 bits per heavy atom. The van der Waals surface area contributed by atoms with Crippen LogP contribution in [0.4, 0.5) is 5.13 Å². The number of hydrazone groups is 1. The first-order valence-corrected chi connectivity index (χ1v) is 29.4. The molecule has 7 rings (SSSR count). The van der Waals surface area contributed by atoms with Gasteiger partial charge in [-0.15, -0.1) is 6.58 Å². The highest BCUT2D eigenvalue weighted by molar-refractivity contribution is 7.22. The summed E-state index contributed by atoms with van der Waals surface area (Å²) in [4.78, 5) is 77.3. The molecule has 442 valence electrons. The van der Waals surface area contributed by atoms with Crippen molar-refractivity contribution in [1.82, 2.24) is 4.98 Å². The highest BCUT2D eigenvalue weighted by atomic mass is 32.1. The molecule has 0 unspecified atom stereocenters. The van der Waals surface area contributed by atoms with E-state index in [0.717, 1.165) is 99.1 Å². The van der Waals surface area contributed by atoms with Gasteiger partial charge in [0.2, 0.25) is 5.13 Å². The van der Waals surface area contributed by atoms with E-state index in [4.69, 9.17) is 48.0 Å². The molecule has 2 saturated carbocycles. The zero-order valence-electron chi connectivity index (χ0n) is 47.7. The summed E-state index contributed by atoms with van der Waals surface area (Å²) in [7, 11) is 0. The van der Waals surface area contributed by atoms with Crippen molar-refractivity contribution < 1.29 is 66.7 Å². The SMILES string of the molecule is C=CC(=O)OCCCCCCOc1ccc(OC(C)=O)cc1.C=CCN(/N=C/c1cc(OC(=O)C2CCC(C(=O)Oc3ccc(OCCCCCCOC(=O)C=C)cc3)CC2)ccc1OC(=O)C1CCC(C)CC1)c1nc2ccccc2s1. The molecule has 0 amide bonds. The van der Waals surface area contributed by atoms with Gasteiger partial charge in [-0.3, -0.25) is 19.2 Å². The first kappa shape index (κ1) is 64.1. The predicted octanol–water partition coefficient (Wildman–Crippen LogP) is 13.3. The fourth-order valence-corrected chi connectivity index (χ4v) is 10.1. The molecule has 0 bridgehead atoms. The Balaban J connectivity index is 0.000000422. The third kappa shape index (κ3) is 22.6. The number of aromatic nitrogens is 1. The highest BCUT2D eigenvalue weighted by Gasteiger charge is 2.33. The minimum Gasteiger partial charge on any atom is -0.494 e. The number of thiazole rings is 1. The average molecular weight is 1160 g/mol. The lowest BCUT2D eigenvalue weighted by Gasteiger charge is -2.26. The minimum atomic E-state index is -0.403. The molecule has 0 aliphatic heterocycles. The highest BCUT2D eigenvalue weighted by Crippen LogP contribution is 2.35. The van der Waals surface area contributed by atoms with E-state index in [1.54, 1.807) is 84.0 Å². The number of benzene rings is 4.